The summed E-state index contributed by atoms with van der Waals surface area (Å²) in [4.78, 5) is 11.0. The van der Waals surface area contributed by atoms with Gasteiger partial charge in [-0.3, -0.25) is 0 Å². The molecule has 0 saturated carbocycles. The van der Waals surface area contributed by atoms with Gasteiger partial charge in [0.25, 0.3) is 0 Å². The van der Waals surface area contributed by atoms with Gasteiger partial charge in [-0.25, -0.2) is 9.18 Å². The summed E-state index contributed by atoms with van der Waals surface area (Å²) >= 11 is 0. The number of benzene rings is 1. The SMILES string of the molecule is COC(=O)C(C#N)=Cc1ccc(F)cc1. The highest BCUT2D eigenvalue weighted by atomic mass is 19.1. The van der Waals surface area contributed by atoms with E-state index in [2.05, 4.69) is 4.74 Å². The van der Waals surface area contributed by atoms with E-state index in [-0.39, 0.29) is 11.4 Å². The number of nitriles is 1. The quantitative estimate of drug-likeness (QED) is 0.421. The van der Waals surface area contributed by atoms with Gasteiger partial charge in [0.05, 0.1) is 7.11 Å². The second-order valence-corrected chi connectivity index (χ2v) is 2.71. The van der Waals surface area contributed by atoms with Gasteiger partial charge in [-0.15, -0.1) is 0 Å². The summed E-state index contributed by atoms with van der Waals surface area (Å²) in [6.07, 6.45) is 1.34. The van der Waals surface area contributed by atoms with Gasteiger partial charge >= 0.3 is 5.97 Å². The van der Waals surface area contributed by atoms with Gasteiger partial charge in [-0.1, -0.05) is 12.1 Å². The van der Waals surface area contributed by atoms with Gasteiger partial charge in [0.2, 0.25) is 0 Å². The van der Waals surface area contributed by atoms with Crippen molar-refractivity contribution in [2.45, 2.75) is 0 Å². The topological polar surface area (TPSA) is 50.1 Å². The largest absolute Gasteiger partial charge is 0.465 e. The Morgan fingerprint density at radius 1 is 1.47 bits per heavy atom. The molecule has 0 amide bonds. The van der Waals surface area contributed by atoms with E-state index in [0.29, 0.717) is 5.56 Å². The number of hydrogen-bond donors (Lipinski definition) is 0. The van der Waals surface area contributed by atoms with Gasteiger partial charge in [0, 0.05) is 0 Å². The summed E-state index contributed by atoms with van der Waals surface area (Å²) in [7, 11) is 1.19. The highest BCUT2D eigenvalue weighted by molar-refractivity contribution is 5.97. The maximum Gasteiger partial charge on any atom is 0.348 e. The Morgan fingerprint density at radius 2 is 2.07 bits per heavy atom. The van der Waals surface area contributed by atoms with Crippen molar-refractivity contribution < 1.29 is 13.9 Å². The van der Waals surface area contributed by atoms with Crippen molar-refractivity contribution in [3.8, 4) is 6.07 Å². The molecular weight excluding hydrogens is 197 g/mol. The molecule has 0 aliphatic heterocycles. The predicted octanol–water partition coefficient (Wildman–Crippen LogP) is 1.91. The van der Waals surface area contributed by atoms with Crippen LogP contribution in [0.4, 0.5) is 4.39 Å². The summed E-state index contributed by atoms with van der Waals surface area (Å²) in [5.74, 6) is -1.08. The molecule has 76 valence electrons. The van der Waals surface area contributed by atoms with E-state index >= 15 is 0 Å². The summed E-state index contributed by atoms with van der Waals surface area (Å²) in [6.45, 7) is 0. The van der Waals surface area contributed by atoms with Crippen LogP contribution in [0.2, 0.25) is 0 Å². The molecule has 0 N–H and O–H groups in total. The van der Waals surface area contributed by atoms with E-state index in [1.807, 2.05) is 0 Å². The number of esters is 1. The van der Waals surface area contributed by atoms with Gasteiger partial charge in [-0.05, 0) is 23.8 Å². The molecule has 0 aliphatic rings. The van der Waals surface area contributed by atoms with Crippen LogP contribution in [0, 0.1) is 17.1 Å². The van der Waals surface area contributed by atoms with Crippen molar-refractivity contribution in [2.75, 3.05) is 7.11 Å². The van der Waals surface area contributed by atoms with Crippen LogP contribution in [0.3, 0.4) is 0 Å². The van der Waals surface area contributed by atoms with E-state index < -0.39 is 5.97 Å². The fraction of sp³-hybridized carbons (Fsp3) is 0.0909. The standard InChI is InChI=1S/C11H8FNO2/c1-15-11(14)9(7-13)6-8-2-4-10(12)5-3-8/h2-6H,1H3. The fourth-order valence-electron chi connectivity index (χ4n) is 0.972. The highest BCUT2D eigenvalue weighted by Gasteiger charge is 2.07. The van der Waals surface area contributed by atoms with Crippen LogP contribution in [0.5, 0.6) is 0 Å². The van der Waals surface area contributed by atoms with Crippen molar-refractivity contribution in [1.82, 2.24) is 0 Å². The number of carbonyl (C=O) groups excluding carboxylic acids is 1. The Kier molecular flexibility index (Phi) is 3.58. The molecule has 0 spiro atoms. The summed E-state index contributed by atoms with van der Waals surface area (Å²) < 4.78 is 16.9. The van der Waals surface area contributed by atoms with Gasteiger partial charge in [-0.2, -0.15) is 5.26 Å². The maximum absolute atomic E-state index is 12.6. The van der Waals surface area contributed by atoms with Crippen LogP contribution in [0.1, 0.15) is 5.56 Å². The minimum absolute atomic E-state index is 0.121. The molecule has 1 aromatic rings. The summed E-state index contributed by atoms with van der Waals surface area (Å²) in [6, 6.07) is 7.14. The average molecular weight is 205 g/mol. The van der Waals surface area contributed by atoms with Crippen LogP contribution in [-0.2, 0) is 9.53 Å². The first-order chi connectivity index (χ1) is 7.17. The van der Waals surface area contributed by atoms with Gasteiger partial charge in [0.15, 0.2) is 0 Å². The zero-order chi connectivity index (χ0) is 11.3. The van der Waals surface area contributed by atoms with Crippen LogP contribution >= 0.6 is 0 Å². The normalized spacial score (nSPS) is 10.6. The van der Waals surface area contributed by atoms with E-state index in [0.717, 1.165) is 0 Å². The van der Waals surface area contributed by atoms with Gasteiger partial charge < -0.3 is 4.74 Å². The monoisotopic (exact) mass is 205 g/mol. The van der Waals surface area contributed by atoms with Crippen molar-refractivity contribution in [1.29, 1.82) is 5.26 Å². The molecule has 0 unspecified atom stereocenters. The summed E-state index contributed by atoms with van der Waals surface area (Å²) in [5.41, 5.74) is 0.447. The van der Waals surface area contributed by atoms with Crippen molar-refractivity contribution in [3.63, 3.8) is 0 Å². The molecule has 1 rings (SSSR count). The second-order valence-electron chi connectivity index (χ2n) is 2.71. The number of halogens is 1. The third-order valence-corrected chi connectivity index (χ3v) is 1.71. The minimum atomic E-state index is -0.707. The molecule has 0 bridgehead atoms. The third-order valence-electron chi connectivity index (χ3n) is 1.71. The number of ether oxygens (including phenoxy) is 1. The molecule has 0 heterocycles. The lowest BCUT2D eigenvalue weighted by atomic mass is 10.1. The van der Waals surface area contributed by atoms with Crippen LogP contribution < -0.4 is 0 Å². The molecule has 0 atom stereocenters. The van der Waals surface area contributed by atoms with Crippen molar-refractivity contribution >= 4 is 12.0 Å². The lowest BCUT2D eigenvalue weighted by Crippen LogP contribution is -2.02. The predicted molar refractivity (Wildman–Crippen MR) is 52.0 cm³/mol. The Balaban J connectivity index is 3.00. The number of hydrogen-bond acceptors (Lipinski definition) is 3. The summed E-state index contributed by atoms with van der Waals surface area (Å²) in [5, 5.41) is 8.65. The fourth-order valence-corrected chi connectivity index (χ4v) is 0.972. The van der Waals surface area contributed by atoms with E-state index in [1.54, 1.807) is 6.07 Å². The number of rotatable bonds is 2. The molecule has 1 aromatic carbocycles. The number of methoxy groups -OCH3 is 1. The van der Waals surface area contributed by atoms with Gasteiger partial charge in [0.1, 0.15) is 17.5 Å². The minimum Gasteiger partial charge on any atom is -0.465 e. The van der Waals surface area contributed by atoms with E-state index in [4.69, 9.17) is 5.26 Å². The molecule has 0 aliphatic carbocycles. The molecule has 0 saturated heterocycles. The third kappa shape index (κ3) is 2.92. The Hall–Kier alpha value is -2.15. The molecule has 3 nitrogen and oxygen atoms in total. The van der Waals surface area contributed by atoms with Crippen LogP contribution in [0.25, 0.3) is 6.08 Å². The zero-order valence-corrected chi connectivity index (χ0v) is 8.03. The smallest absolute Gasteiger partial charge is 0.348 e. The van der Waals surface area contributed by atoms with E-state index in [1.165, 1.54) is 37.5 Å². The Bertz CT molecular complexity index is 429. The molecule has 15 heavy (non-hydrogen) atoms. The molecule has 0 aromatic heterocycles. The first-order valence-electron chi connectivity index (χ1n) is 4.13. The highest BCUT2D eigenvalue weighted by Crippen LogP contribution is 2.08. The lowest BCUT2D eigenvalue weighted by Gasteiger charge is -1.96. The first-order valence-corrected chi connectivity index (χ1v) is 4.13. The lowest BCUT2D eigenvalue weighted by molar-refractivity contribution is -0.135. The second kappa shape index (κ2) is 4.91. The number of nitrogens with zero attached hydrogens (tertiary/aromatic N) is 1. The molecule has 4 heteroatoms. The molecule has 0 fully saturated rings. The van der Waals surface area contributed by atoms with Crippen molar-refractivity contribution in [3.05, 3.63) is 41.2 Å². The van der Waals surface area contributed by atoms with Crippen molar-refractivity contribution in [2.24, 2.45) is 0 Å². The number of carbonyl (C=O) groups is 1. The average Bonchev–Trinajstić information content (AvgIpc) is 2.27. The Labute approximate surface area is 86.4 Å². The Morgan fingerprint density at radius 3 is 2.53 bits per heavy atom. The van der Waals surface area contributed by atoms with Crippen LogP contribution in [-0.4, -0.2) is 13.1 Å². The van der Waals surface area contributed by atoms with Crippen LogP contribution in [0.15, 0.2) is 29.8 Å². The van der Waals surface area contributed by atoms with E-state index in [9.17, 15) is 9.18 Å². The maximum atomic E-state index is 12.6. The molecular formula is C11H8FNO2. The first kappa shape index (κ1) is 10.9. The molecule has 0 radical (unpaired) electrons. The zero-order valence-electron chi connectivity index (χ0n) is 8.03.